The van der Waals surface area contributed by atoms with Gasteiger partial charge in [0.25, 0.3) is 11.5 Å². The SMILES string of the molecule is CCn1cc(C(=O)N2CCC(N(C)C)C2)c2cc(OC)c(OC)cc2c1=O. The lowest BCUT2D eigenvalue weighted by molar-refractivity contribution is 0.0784. The summed E-state index contributed by atoms with van der Waals surface area (Å²) in [6.45, 7) is 3.78. The van der Waals surface area contributed by atoms with Gasteiger partial charge in [0.15, 0.2) is 11.5 Å². The Kier molecular flexibility index (Phi) is 5.41. The van der Waals surface area contributed by atoms with Gasteiger partial charge in [-0.3, -0.25) is 9.59 Å². The van der Waals surface area contributed by atoms with Crippen molar-refractivity contribution in [3.63, 3.8) is 0 Å². The van der Waals surface area contributed by atoms with Crippen LogP contribution in [0, 0.1) is 0 Å². The van der Waals surface area contributed by atoms with Crippen LogP contribution in [0.2, 0.25) is 0 Å². The number of carbonyl (C=O) groups excluding carboxylic acids is 1. The Bertz CT molecular complexity index is 920. The number of benzene rings is 1. The summed E-state index contributed by atoms with van der Waals surface area (Å²) >= 11 is 0. The van der Waals surface area contributed by atoms with Crippen molar-refractivity contribution in [1.82, 2.24) is 14.4 Å². The van der Waals surface area contributed by atoms with E-state index in [2.05, 4.69) is 4.90 Å². The molecule has 7 nitrogen and oxygen atoms in total. The highest BCUT2D eigenvalue weighted by Gasteiger charge is 2.29. The monoisotopic (exact) mass is 373 g/mol. The van der Waals surface area contributed by atoms with Crippen molar-refractivity contribution in [1.29, 1.82) is 0 Å². The molecule has 0 N–H and O–H groups in total. The van der Waals surface area contributed by atoms with Gasteiger partial charge in [0, 0.05) is 37.3 Å². The fraction of sp³-hybridized carbons (Fsp3) is 0.500. The van der Waals surface area contributed by atoms with Crippen LogP contribution in [-0.2, 0) is 6.54 Å². The van der Waals surface area contributed by atoms with E-state index < -0.39 is 0 Å². The lowest BCUT2D eigenvalue weighted by atomic mass is 10.0. The first kappa shape index (κ1) is 19.2. The molecular weight excluding hydrogens is 346 g/mol. The third kappa shape index (κ3) is 3.39. The Hall–Kier alpha value is -2.54. The van der Waals surface area contributed by atoms with E-state index in [1.54, 1.807) is 30.0 Å². The first-order valence-corrected chi connectivity index (χ1v) is 9.16. The Morgan fingerprint density at radius 2 is 1.81 bits per heavy atom. The van der Waals surface area contributed by atoms with Crippen LogP contribution in [0.25, 0.3) is 10.8 Å². The first-order chi connectivity index (χ1) is 12.9. The molecule has 7 heteroatoms. The van der Waals surface area contributed by atoms with Gasteiger partial charge in [-0.05, 0) is 39.6 Å². The van der Waals surface area contributed by atoms with E-state index >= 15 is 0 Å². The maximum Gasteiger partial charge on any atom is 0.258 e. The summed E-state index contributed by atoms with van der Waals surface area (Å²) in [6.07, 6.45) is 2.61. The topological polar surface area (TPSA) is 64.0 Å². The minimum absolute atomic E-state index is 0.0567. The smallest absolute Gasteiger partial charge is 0.258 e. The molecule has 0 radical (unpaired) electrons. The zero-order chi connectivity index (χ0) is 19.7. The number of ether oxygens (including phenoxy) is 2. The quantitative estimate of drug-likeness (QED) is 0.800. The molecule has 1 aliphatic heterocycles. The Labute approximate surface area is 159 Å². The fourth-order valence-corrected chi connectivity index (χ4v) is 3.64. The van der Waals surface area contributed by atoms with Crippen molar-refractivity contribution in [3.05, 3.63) is 34.2 Å². The van der Waals surface area contributed by atoms with Gasteiger partial charge in [-0.15, -0.1) is 0 Å². The maximum absolute atomic E-state index is 13.3. The zero-order valence-electron chi connectivity index (χ0n) is 16.6. The van der Waals surface area contributed by atoms with Crippen LogP contribution in [0.4, 0.5) is 0 Å². The summed E-state index contributed by atoms with van der Waals surface area (Å²) in [5.41, 5.74) is 0.379. The van der Waals surface area contributed by atoms with Crippen LogP contribution in [0.15, 0.2) is 23.1 Å². The highest BCUT2D eigenvalue weighted by Crippen LogP contribution is 2.33. The van der Waals surface area contributed by atoms with E-state index in [4.69, 9.17) is 9.47 Å². The van der Waals surface area contributed by atoms with Gasteiger partial charge in [-0.25, -0.2) is 0 Å². The molecule has 146 valence electrons. The third-order valence-electron chi connectivity index (χ3n) is 5.34. The molecule has 1 atom stereocenters. The number of hydrogen-bond donors (Lipinski definition) is 0. The molecule has 0 saturated carbocycles. The van der Waals surface area contributed by atoms with E-state index in [1.807, 2.05) is 25.9 Å². The van der Waals surface area contributed by atoms with E-state index in [1.165, 1.54) is 7.11 Å². The molecule has 3 rings (SSSR count). The third-order valence-corrected chi connectivity index (χ3v) is 5.34. The average Bonchev–Trinajstić information content (AvgIpc) is 3.17. The molecular formula is C20H27N3O4. The van der Waals surface area contributed by atoms with E-state index in [-0.39, 0.29) is 11.5 Å². The van der Waals surface area contributed by atoms with Gasteiger partial charge in [0.2, 0.25) is 0 Å². The van der Waals surface area contributed by atoms with Crippen LogP contribution in [0.3, 0.4) is 0 Å². The number of carbonyl (C=O) groups is 1. The van der Waals surface area contributed by atoms with E-state index in [0.29, 0.717) is 53.5 Å². The molecule has 1 aliphatic rings. The second-order valence-electron chi connectivity index (χ2n) is 7.04. The van der Waals surface area contributed by atoms with Crippen molar-refractivity contribution in [2.45, 2.75) is 25.9 Å². The molecule has 1 saturated heterocycles. The van der Waals surface area contributed by atoms with Crippen LogP contribution in [-0.4, -0.2) is 67.7 Å². The number of aryl methyl sites for hydroxylation is 1. The summed E-state index contributed by atoms with van der Waals surface area (Å²) in [5.74, 6) is 0.919. The van der Waals surface area contributed by atoms with Crippen LogP contribution in [0.5, 0.6) is 11.5 Å². The average molecular weight is 373 g/mol. The second-order valence-corrected chi connectivity index (χ2v) is 7.04. The Morgan fingerprint density at radius 3 is 2.33 bits per heavy atom. The first-order valence-electron chi connectivity index (χ1n) is 9.16. The summed E-state index contributed by atoms with van der Waals surface area (Å²) in [7, 11) is 7.13. The Balaban J connectivity index is 2.15. The summed E-state index contributed by atoms with van der Waals surface area (Å²) in [5, 5.41) is 1.06. The van der Waals surface area contributed by atoms with Crippen molar-refractivity contribution >= 4 is 16.7 Å². The second kappa shape index (κ2) is 7.60. The highest BCUT2D eigenvalue weighted by atomic mass is 16.5. The van der Waals surface area contributed by atoms with Crippen LogP contribution in [0.1, 0.15) is 23.7 Å². The molecule has 1 fully saturated rings. The molecule has 0 aliphatic carbocycles. The number of hydrogen-bond acceptors (Lipinski definition) is 5. The van der Waals surface area contributed by atoms with E-state index in [9.17, 15) is 9.59 Å². The number of nitrogens with zero attached hydrogens (tertiary/aromatic N) is 3. The maximum atomic E-state index is 13.3. The van der Waals surface area contributed by atoms with Crippen molar-refractivity contribution in [2.75, 3.05) is 41.4 Å². The van der Waals surface area contributed by atoms with Crippen LogP contribution >= 0.6 is 0 Å². The molecule has 27 heavy (non-hydrogen) atoms. The minimum Gasteiger partial charge on any atom is -0.493 e. The molecule has 1 unspecified atom stereocenters. The van der Waals surface area contributed by atoms with Gasteiger partial charge in [-0.1, -0.05) is 0 Å². The van der Waals surface area contributed by atoms with Crippen LogP contribution < -0.4 is 15.0 Å². The standard InChI is InChI=1S/C20H27N3O4/c1-6-22-12-16(20(25)23-8-7-13(11-23)21(2)3)14-9-17(26-4)18(27-5)10-15(14)19(22)24/h9-10,12-13H,6-8,11H2,1-5H3. The van der Waals surface area contributed by atoms with Gasteiger partial charge in [0.1, 0.15) is 0 Å². The number of rotatable bonds is 5. The predicted octanol–water partition coefficient (Wildman–Crippen LogP) is 1.81. The molecule has 0 bridgehead atoms. The summed E-state index contributed by atoms with van der Waals surface area (Å²) < 4.78 is 12.3. The number of fused-ring (bicyclic) bond motifs is 1. The Morgan fingerprint density at radius 1 is 1.19 bits per heavy atom. The van der Waals surface area contributed by atoms with Gasteiger partial charge in [-0.2, -0.15) is 0 Å². The molecule has 1 aromatic carbocycles. The van der Waals surface area contributed by atoms with Crippen molar-refractivity contribution in [3.8, 4) is 11.5 Å². The van der Waals surface area contributed by atoms with E-state index in [0.717, 1.165) is 6.42 Å². The molecule has 2 heterocycles. The summed E-state index contributed by atoms with van der Waals surface area (Å²) in [6, 6.07) is 3.74. The molecule has 1 amide bonds. The number of likely N-dealkylation sites (N-methyl/N-ethyl adjacent to an activating group) is 1. The largest absolute Gasteiger partial charge is 0.493 e. The number of methoxy groups -OCH3 is 2. The lowest BCUT2D eigenvalue weighted by Crippen LogP contribution is -2.35. The molecule has 2 aromatic rings. The number of likely N-dealkylation sites (tertiary alicyclic amines) is 1. The van der Waals surface area contributed by atoms with Crippen molar-refractivity contribution in [2.24, 2.45) is 0 Å². The number of amides is 1. The summed E-state index contributed by atoms with van der Waals surface area (Å²) in [4.78, 5) is 30.1. The van der Waals surface area contributed by atoms with Gasteiger partial charge < -0.3 is 23.8 Å². The lowest BCUT2D eigenvalue weighted by Gasteiger charge is -2.21. The van der Waals surface area contributed by atoms with Gasteiger partial charge >= 0.3 is 0 Å². The molecule has 0 spiro atoms. The highest BCUT2D eigenvalue weighted by molar-refractivity contribution is 6.07. The zero-order valence-corrected chi connectivity index (χ0v) is 16.6. The predicted molar refractivity (Wildman–Crippen MR) is 105 cm³/mol. The van der Waals surface area contributed by atoms with Gasteiger partial charge in [0.05, 0.1) is 25.2 Å². The number of aromatic nitrogens is 1. The fourth-order valence-electron chi connectivity index (χ4n) is 3.64. The van der Waals surface area contributed by atoms with Crippen molar-refractivity contribution < 1.29 is 14.3 Å². The number of pyridine rings is 1. The normalized spacial score (nSPS) is 17.0. The molecule has 1 aromatic heterocycles. The minimum atomic E-state index is -0.141.